The molecule has 0 fully saturated rings. The van der Waals surface area contributed by atoms with Gasteiger partial charge in [-0.05, 0) is 32.9 Å². The van der Waals surface area contributed by atoms with Crippen molar-refractivity contribution >= 4 is 5.69 Å². The third-order valence-electron chi connectivity index (χ3n) is 2.95. The smallest absolute Gasteiger partial charge is 0.126 e. The highest BCUT2D eigenvalue weighted by Crippen LogP contribution is 2.35. The van der Waals surface area contributed by atoms with Gasteiger partial charge in [-0.1, -0.05) is 6.07 Å². The minimum absolute atomic E-state index is 0.0780. The van der Waals surface area contributed by atoms with Crippen LogP contribution < -0.4 is 9.64 Å². The van der Waals surface area contributed by atoms with E-state index < -0.39 is 6.10 Å². The molecular formula is C14H23NO3. The summed E-state index contributed by atoms with van der Waals surface area (Å²) in [4.78, 5) is 2.06. The van der Waals surface area contributed by atoms with E-state index in [1.807, 2.05) is 18.2 Å². The quantitative estimate of drug-likeness (QED) is 0.813. The molecule has 0 aliphatic heterocycles. The first-order valence-electron chi connectivity index (χ1n) is 6.25. The van der Waals surface area contributed by atoms with Gasteiger partial charge in [0, 0.05) is 23.8 Å². The summed E-state index contributed by atoms with van der Waals surface area (Å²) in [5.41, 5.74) is 1.68. The summed E-state index contributed by atoms with van der Waals surface area (Å²) in [6.45, 7) is 6.44. The zero-order valence-electron chi connectivity index (χ0n) is 11.6. The van der Waals surface area contributed by atoms with Gasteiger partial charge in [-0.2, -0.15) is 0 Å². The number of aliphatic hydroxyl groups is 2. The van der Waals surface area contributed by atoms with Crippen LogP contribution in [0, 0.1) is 0 Å². The lowest BCUT2D eigenvalue weighted by Crippen LogP contribution is -2.34. The van der Waals surface area contributed by atoms with E-state index in [9.17, 15) is 5.11 Å². The number of hydrogen-bond acceptors (Lipinski definition) is 4. The molecule has 0 bridgehead atoms. The molecule has 0 amide bonds. The maximum atomic E-state index is 9.95. The fraction of sp³-hybridized carbons (Fsp3) is 0.571. The Labute approximate surface area is 109 Å². The molecule has 0 radical (unpaired) electrons. The zero-order valence-corrected chi connectivity index (χ0v) is 11.6. The molecule has 18 heavy (non-hydrogen) atoms. The average Bonchev–Trinajstić information content (AvgIpc) is 2.34. The van der Waals surface area contributed by atoms with Gasteiger partial charge in [0.05, 0.1) is 19.8 Å². The third kappa shape index (κ3) is 3.15. The summed E-state index contributed by atoms with van der Waals surface area (Å²) in [6.07, 6.45) is -0.615. The summed E-state index contributed by atoms with van der Waals surface area (Å²) in [7, 11) is 1.59. The van der Waals surface area contributed by atoms with Crippen LogP contribution in [-0.2, 0) is 0 Å². The Morgan fingerprint density at radius 1 is 1.28 bits per heavy atom. The van der Waals surface area contributed by atoms with Crippen LogP contribution in [0.2, 0.25) is 0 Å². The fourth-order valence-electron chi connectivity index (χ4n) is 2.15. The van der Waals surface area contributed by atoms with Crippen LogP contribution in [0.1, 0.15) is 32.4 Å². The maximum absolute atomic E-state index is 9.95. The molecule has 0 saturated carbocycles. The molecular weight excluding hydrogens is 230 g/mol. The van der Waals surface area contributed by atoms with Crippen molar-refractivity contribution in [1.82, 2.24) is 0 Å². The van der Waals surface area contributed by atoms with Gasteiger partial charge in [0.15, 0.2) is 0 Å². The second-order valence-electron chi connectivity index (χ2n) is 4.58. The van der Waals surface area contributed by atoms with E-state index in [2.05, 4.69) is 18.7 Å². The van der Waals surface area contributed by atoms with Gasteiger partial charge in [-0.3, -0.25) is 0 Å². The van der Waals surface area contributed by atoms with Gasteiger partial charge >= 0.3 is 0 Å². The largest absolute Gasteiger partial charge is 0.496 e. The van der Waals surface area contributed by atoms with Crippen LogP contribution in [0.5, 0.6) is 5.75 Å². The Bertz CT molecular complexity index is 377. The zero-order chi connectivity index (χ0) is 13.7. The van der Waals surface area contributed by atoms with Gasteiger partial charge in [-0.25, -0.2) is 0 Å². The van der Waals surface area contributed by atoms with Gasteiger partial charge in [0.2, 0.25) is 0 Å². The Morgan fingerprint density at radius 3 is 2.39 bits per heavy atom. The lowest BCUT2D eigenvalue weighted by atomic mass is 10.0. The second-order valence-corrected chi connectivity index (χ2v) is 4.58. The lowest BCUT2D eigenvalue weighted by Gasteiger charge is -2.31. The monoisotopic (exact) mass is 253 g/mol. The molecule has 0 heterocycles. The van der Waals surface area contributed by atoms with Crippen molar-refractivity contribution < 1.29 is 14.9 Å². The van der Waals surface area contributed by atoms with E-state index in [0.717, 1.165) is 11.3 Å². The average molecular weight is 253 g/mol. The maximum Gasteiger partial charge on any atom is 0.126 e. The van der Waals surface area contributed by atoms with Crippen LogP contribution in [0.15, 0.2) is 18.2 Å². The van der Waals surface area contributed by atoms with E-state index in [1.165, 1.54) is 0 Å². The molecule has 0 saturated heterocycles. The van der Waals surface area contributed by atoms with Crippen LogP contribution in [0.3, 0.4) is 0 Å². The highest BCUT2D eigenvalue weighted by Gasteiger charge is 2.20. The minimum Gasteiger partial charge on any atom is -0.496 e. The molecule has 0 aliphatic carbocycles. The van der Waals surface area contributed by atoms with E-state index in [4.69, 9.17) is 9.84 Å². The van der Waals surface area contributed by atoms with Crippen molar-refractivity contribution in [3.63, 3.8) is 0 Å². The third-order valence-corrected chi connectivity index (χ3v) is 2.95. The van der Waals surface area contributed by atoms with E-state index in [0.29, 0.717) is 12.3 Å². The van der Waals surface area contributed by atoms with Gasteiger partial charge < -0.3 is 19.8 Å². The highest BCUT2D eigenvalue weighted by molar-refractivity contribution is 5.60. The minimum atomic E-state index is -0.615. The molecule has 1 aromatic rings. The van der Waals surface area contributed by atoms with Crippen LogP contribution in [0.25, 0.3) is 0 Å². The first-order chi connectivity index (χ1) is 8.52. The molecule has 4 nitrogen and oxygen atoms in total. The van der Waals surface area contributed by atoms with Crippen molar-refractivity contribution in [3.05, 3.63) is 23.8 Å². The molecule has 0 aliphatic rings. The second kappa shape index (κ2) is 6.61. The van der Waals surface area contributed by atoms with Gasteiger partial charge in [-0.15, -0.1) is 0 Å². The summed E-state index contributed by atoms with van der Waals surface area (Å²) in [5, 5.41) is 19.1. The number of rotatable bonds is 6. The number of methoxy groups -OCH3 is 1. The van der Waals surface area contributed by atoms with E-state index in [1.54, 1.807) is 14.0 Å². The van der Waals surface area contributed by atoms with Crippen molar-refractivity contribution in [1.29, 1.82) is 0 Å². The van der Waals surface area contributed by atoms with E-state index in [-0.39, 0.29) is 12.6 Å². The highest BCUT2D eigenvalue weighted by atomic mass is 16.5. The fourth-order valence-corrected chi connectivity index (χ4v) is 2.15. The topological polar surface area (TPSA) is 52.9 Å². The Balaban J connectivity index is 3.28. The normalized spacial score (nSPS) is 12.6. The Morgan fingerprint density at radius 2 is 1.94 bits per heavy atom. The first kappa shape index (κ1) is 14.8. The Kier molecular flexibility index (Phi) is 5.44. The molecule has 1 rings (SSSR count). The molecule has 1 atom stereocenters. The van der Waals surface area contributed by atoms with Crippen molar-refractivity contribution in [3.8, 4) is 5.75 Å². The van der Waals surface area contributed by atoms with Crippen molar-refractivity contribution in [2.45, 2.75) is 32.9 Å². The number of benzene rings is 1. The first-order valence-corrected chi connectivity index (χ1v) is 6.25. The Hall–Kier alpha value is -1.26. The number of aliphatic hydroxyl groups excluding tert-OH is 2. The number of hydrogen-bond donors (Lipinski definition) is 2. The molecule has 0 spiro atoms. The summed E-state index contributed by atoms with van der Waals surface area (Å²) >= 11 is 0. The van der Waals surface area contributed by atoms with Crippen LogP contribution >= 0.6 is 0 Å². The molecule has 0 unspecified atom stereocenters. The summed E-state index contributed by atoms with van der Waals surface area (Å²) in [5.74, 6) is 0.672. The molecule has 1 aromatic carbocycles. The van der Waals surface area contributed by atoms with Crippen LogP contribution in [0.4, 0.5) is 5.69 Å². The predicted molar refractivity (Wildman–Crippen MR) is 73.2 cm³/mol. The summed E-state index contributed by atoms with van der Waals surface area (Å²) < 4.78 is 5.31. The lowest BCUT2D eigenvalue weighted by molar-refractivity contribution is 0.194. The number of anilines is 1. The van der Waals surface area contributed by atoms with Crippen molar-refractivity contribution in [2.24, 2.45) is 0 Å². The standard InChI is InChI=1S/C14H23NO3/c1-10(2)15(8-9-16)12-6-5-7-13(18-4)14(12)11(3)17/h5-7,10-11,16-17H,8-9H2,1-4H3/t11-/m1/s1. The molecule has 0 aromatic heterocycles. The molecule has 2 N–H and O–H groups in total. The summed E-state index contributed by atoms with van der Waals surface area (Å²) in [6, 6.07) is 5.91. The van der Waals surface area contributed by atoms with E-state index >= 15 is 0 Å². The molecule has 102 valence electrons. The number of ether oxygens (including phenoxy) is 1. The molecule has 4 heteroatoms. The van der Waals surface area contributed by atoms with Crippen molar-refractivity contribution in [2.75, 3.05) is 25.2 Å². The number of nitrogens with zero attached hydrogens (tertiary/aromatic N) is 1. The SMILES string of the molecule is COc1cccc(N(CCO)C(C)C)c1[C@@H](C)O. The van der Waals surface area contributed by atoms with Gasteiger partial charge in [0.25, 0.3) is 0 Å². The van der Waals surface area contributed by atoms with Gasteiger partial charge in [0.1, 0.15) is 5.75 Å². The van der Waals surface area contributed by atoms with Crippen LogP contribution in [-0.4, -0.2) is 36.5 Å². The predicted octanol–water partition coefficient (Wildman–Crippen LogP) is 1.96.